The van der Waals surface area contributed by atoms with E-state index in [1.54, 1.807) is 18.2 Å². The average Bonchev–Trinajstić information content (AvgIpc) is 3.06. The van der Waals surface area contributed by atoms with Gasteiger partial charge in [-0.15, -0.1) is 0 Å². The molecule has 0 fully saturated rings. The van der Waals surface area contributed by atoms with Gasteiger partial charge < -0.3 is 24.6 Å². The second-order valence-corrected chi connectivity index (χ2v) is 5.45. The first-order chi connectivity index (χ1) is 11.7. The normalized spacial score (nSPS) is 12.4. The van der Waals surface area contributed by atoms with E-state index >= 15 is 0 Å². The van der Waals surface area contributed by atoms with Crippen molar-refractivity contribution in [2.75, 3.05) is 19.2 Å². The van der Waals surface area contributed by atoms with Gasteiger partial charge in [0.2, 0.25) is 6.79 Å². The largest absolute Gasteiger partial charge is 0.507 e. The molecule has 0 spiro atoms. The molecule has 8 heteroatoms. The number of anilines is 2. The Bertz CT molecular complexity index is 948. The van der Waals surface area contributed by atoms with Crippen molar-refractivity contribution in [2.45, 2.75) is 0 Å². The molecule has 0 saturated heterocycles. The van der Waals surface area contributed by atoms with Crippen LogP contribution < -0.4 is 19.5 Å². The Morgan fingerprint density at radius 3 is 2.96 bits per heavy atom. The Hall–Kier alpha value is -2.93. The van der Waals surface area contributed by atoms with Crippen LogP contribution in [0.1, 0.15) is 0 Å². The summed E-state index contributed by atoms with van der Waals surface area (Å²) in [7, 11) is 1.52. The number of nitrogens with zero attached hydrogens (tertiary/aromatic N) is 2. The van der Waals surface area contributed by atoms with Crippen LogP contribution in [0.5, 0.6) is 23.0 Å². The highest BCUT2D eigenvalue weighted by Crippen LogP contribution is 2.45. The highest BCUT2D eigenvalue weighted by molar-refractivity contribution is 6.34. The van der Waals surface area contributed by atoms with Crippen LogP contribution in [-0.2, 0) is 0 Å². The lowest BCUT2D eigenvalue weighted by atomic mass is 10.2. The SMILES string of the molecule is COc1cc(O)c2c(Nc3c(Cl)ccc4c3OCO4)ncnc2c1. The Morgan fingerprint density at radius 1 is 1.25 bits per heavy atom. The number of phenols is 1. The third-order valence-electron chi connectivity index (χ3n) is 3.66. The number of fused-ring (bicyclic) bond motifs is 2. The topological polar surface area (TPSA) is 85.7 Å². The van der Waals surface area contributed by atoms with Crippen molar-refractivity contribution in [2.24, 2.45) is 0 Å². The summed E-state index contributed by atoms with van der Waals surface area (Å²) < 4.78 is 16.0. The molecular formula is C16H12ClN3O4. The fourth-order valence-corrected chi connectivity index (χ4v) is 2.74. The fraction of sp³-hybridized carbons (Fsp3) is 0.125. The molecule has 4 rings (SSSR count). The molecular weight excluding hydrogens is 334 g/mol. The van der Waals surface area contributed by atoms with E-state index in [9.17, 15) is 5.11 Å². The summed E-state index contributed by atoms with van der Waals surface area (Å²) in [5.41, 5.74) is 1.05. The Kier molecular flexibility index (Phi) is 3.42. The van der Waals surface area contributed by atoms with Crippen molar-refractivity contribution >= 4 is 34.0 Å². The van der Waals surface area contributed by atoms with Gasteiger partial charge in [-0.1, -0.05) is 11.6 Å². The first kappa shape index (κ1) is 14.6. The van der Waals surface area contributed by atoms with Crippen molar-refractivity contribution in [1.82, 2.24) is 9.97 Å². The molecule has 1 aliphatic heterocycles. The third kappa shape index (κ3) is 2.30. The van der Waals surface area contributed by atoms with Gasteiger partial charge in [-0.25, -0.2) is 9.97 Å². The van der Waals surface area contributed by atoms with Crippen molar-refractivity contribution in [3.8, 4) is 23.0 Å². The standard InChI is InChI=1S/C16H12ClN3O4/c1-22-8-4-10-13(11(21)5-8)16(19-6-18-10)20-14-9(17)2-3-12-15(14)24-7-23-12/h2-6,21H,7H2,1H3,(H,18,19,20). The molecule has 122 valence electrons. The van der Waals surface area contributed by atoms with Crippen LogP contribution in [0.25, 0.3) is 10.9 Å². The van der Waals surface area contributed by atoms with E-state index in [2.05, 4.69) is 15.3 Å². The monoisotopic (exact) mass is 345 g/mol. The molecule has 0 atom stereocenters. The maximum absolute atomic E-state index is 10.3. The first-order valence-corrected chi connectivity index (χ1v) is 7.42. The average molecular weight is 346 g/mol. The highest BCUT2D eigenvalue weighted by Gasteiger charge is 2.22. The summed E-state index contributed by atoms with van der Waals surface area (Å²) in [6.07, 6.45) is 1.39. The van der Waals surface area contributed by atoms with Gasteiger partial charge in [-0.2, -0.15) is 0 Å². The minimum absolute atomic E-state index is 0.00619. The van der Waals surface area contributed by atoms with Crippen molar-refractivity contribution in [3.63, 3.8) is 0 Å². The van der Waals surface area contributed by atoms with E-state index in [4.69, 9.17) is 25.8 Å². The van der Waals surface area contributed by atoms with E-state index in [1.807, 2.05) is 0 Å². The number of methoxy groups -OCH3 is 1. The van der Waals surface area contributed by atoms with E-state index in [0.29, 0.717) is 44.7 Å². The zero-order chi connectivity index (χ0) is 16.7. The maximum atomic E-state index is 10.3. The van der Waals surface area contributed by atoms with Crippen LogP contribution in [0.15, 0.2) is 30.6 Å². The minimum Gasteiger partial charge on any atom is -0.507 e. The smallest absolute Gasteiger partial charge is 0.231 e. The number of rotatable bonds is 3. The van der Waals surface area contributed by atoms with Gasteiger partial charge >= 0.3 is 0 Å². The Labute approximate surface area is 141 Å². The van der Waals surface area contributed by atoms with Crippen molar-refractivity contribution in [1.29, 1.82) is 0 Å². The number of hydrogen-bond donors (Lipinski definition) is 2. The quantitative estimate of drug-likeness (QED) is 0.751. The molecule has 2 N–H and O–H groups in total. The summed E-state index contributed by atoms with van der Waals surface area (Å²) in [5.74, 6) is 1.98. The van der Waals surface area contributed by atoms with Crippen LogP contribution in [-0.4, -0.2) is 29.0 Å². The molecule has 0 aliphatic carbocycles. The first-order valence-electron chi connectivity index (χ1n) is 7.04. The van der Waals surface area contributed by atoms with E-state index in [-0.39, 0.29) is 12.5 Å². The minimum atomic E-state index is -0.00619. The summed E-state index contributed by atoms with van der Waals surface area (Å²) >= 11 is 6.27. The fourth-order valence-electron chi connectivity index (χ4n) is 2.54. The van der Waals surface area contributed by atoms with Gasteiger partial charge in [0.25, 0.3) is 0 Å². The highest BCUT2D eigenvalue weighted by atomic mass is 35.5. The summed E-state index contributed by atoms with van der Waals surface area (Å²) in [6, 6.07) is 6.63. The number of nitrogens with one attached hydrogen (secondary N) is 1. The molecule has 0 bridgehead atoms. The van der Waals surface area contributed by atoms with Crippen LogP contribution in [0, 0.1) is 0 Å². The predicted octanol–water partition coefficient (Wildman–Crippen LogP) is 3.47. The van der Waals surface area contributed by atoms with E-state index < -0.39 is 0 Å². The molecule has 0 radical (unpaired) electrons. The van der Waals surface area contributed by atoms with Crippen molar-refractivity contribution < 1.29 is 19.3 Å². The van der Waals surface area contributed by atoms with Crippen LogP contribution >= 0.6 is 11.6 Å². The molecule has 2 aromatic carbocycles. The molecule has 3 aromatic rings. The molecule has 1 aromatic heterocycles. The van der Waals surface area contributed by atoms with Gasteiger partial charge in [0.1, 0.15) is 29.3 Å². The number of ether oxygens (including phenoxy) is 3. The molecule has 24 heavy (non-hydrogen) atoms. The lowest BCUT2D eigenvalue weighted by Crippen LogP contribution is -1.99. The van der Waals surface area contributed by atoms with Crippen molar-refractivity contribution in [3.05, 3.63) is 35.6 Å². The summed E-state index contributed by atoms with van der Waals surface area (Å²) in [6.45, 7) is 0.122. The Morgan fingerprint density at radius 2 is 2.12 bits per heavy atom. The predicted molar refractivity (Wildman–Crippen MR) is 88.6 cm³/mol. The lowest BCUT2D eigenvalue weighted by Gasteiger charge is -2.13. The maximum Gasteiger partial charge on any atom is 0.231 e. The third-order valence-corrected chi connectivity index (χ3v) is 3.97. The van der Waals surface area contributed by atoms with Gasteiger partial charge in [-0.3, -0.25) is 0 Å². The number of phenolic OH excluding ortho intramolecular Hbond substituents is 1. The molecule has 1 aliphatic rings. The van der Waals surface area contributed by atoms with Gasteiger partial charge in [0.05, 0.1) is 23.0 Å². The summed E-state index contributed by atoms with van der Waals surface area (Å²) in [5, 5.41) is 14.3. The molecule has 0 unspecified atom stereocenters. The molecule has 7 nitrogen and oxygen atoms in total. The molecule has 0 amide bonds. The second-order valence-electron chi connectivity index (χ2n) is 5.04. The number of hydrogen-bond acceptors (Lipinski definition) is 7. The Balaban J connectivity index is 1.86. The van der Waals surface area contributed by atoms with Crippen LogP contribution in [0.2, 0.25) is 5.02 Å². The zero-order valence-corrected chi connectivity index (χ0v) is 13.3. The van der Waals surface area contributed by atoms with Gasteiger partial charge in [0.15, 0.2) is 11.5 Å². The number of halogens is 1. The second kappa shape index (κ2) is 5.61. The molecule has 0 saturated carbocycles. The van der Waals surface area contributed by atoms with Gasteiger partial charge in [-0.05, 0) is 12.1 Å². The van der Waals surface area contributed by atoms with Crippen LogP contribution in [0.3, 0.4) is 0 Å². The van der Waals surface area contributed by atoms with Crippen LogP contribution in [0.4, 0.5) is 11.5 Å². The number of aromatic hydroxyl groups is 1. The zero-order valence-electron chi connectivity index (χ0n) is 12.5. The van der Waals surface area contributed by atoms with E-state index in [0.717, 1.165) is 0 Å². The van der Waals surface area contributed by atoms with Gasteiger partial charge in [0, 0.05) is 12.1 Å². The number of aromatic nitrogens is 2. The van der Waals surface area contributed by atoms with E-state index in [1.165, 1.54) is 19.5 Å². The lowest BCUT2D eigenvalue weighted by molar-refractivity contribution is 0.174. The molecule has 2 heterocycles. The number of benzene rings is 2. The summed E-state index contributed by atoms with van der Waals surface area (Å²) in [4.78, 5) is 8.37.